The second kappa shape index (κ2) is 6.39. The Bertz CT molecular complexity index is 825. The zero-order chi connectivity index (χ0) is 16.2. The van der Waals surface area contributed by atoms with Gasteiger partial charge in [-0.1, -0.05) is 12.1 Å². The van der Waals surface area contributed by atoms with Gasteiger partial charge in [0.05, 0.1) is 26.2 Å². The highest BCUT2D eigenvalue weighted by atomic mass is 16.5. The Morgan fingerprint density at radius 2 is 1.78 bits per heavy atom. The zero-order valence-corrected chi connectivity index (χ0v) is 12.9. The van der Waals surface area contributed by atoms with Crippen LogP contribution in [0.25, 0.3) is 10.9 Å². The molecule has 0 aliphatic heterocycles. The summed E-state index contributed by atoms with van der Waals surface area (Å²) >= 11 is 0. The fraction of sp³-hybridized carbons (Fsp3) is 0.176. The summed E-state index contributed by atoms with van der Waals surface area (Å²) in [7, 11) is 3.22. The summed E-state index contributed by atoms with van der Waals surface area (Å²) in [6, 6.07) is 12.9. The SMILES string of the molecule is COc1ccc(CC(=O)Nc2n[nH]c3cc(OC)ccc23)cc1. The first-order chi connectivity index (χ1) is 11.2. The average molecular weight is 311 g/mol. The van der Waals surface area contributed by atoms with E-state index in [1.54, 1.807) is 14.2 Å². The van der Waals surface area contributed by atoms with E-state index in [-0.39, 0.29) is 12.3 Å². The van der Waals surface area contributed by atoms with Crippen molar-refractivity contribution in [3.05, 3.63) is 48.0 Å². The molecule has 0 saturated carbocycles. The maximum atomic E-state index is 12.2. The van der Waals surface area contributed by atoms with Crippen LogP contribution < -0.4 is 14.8 Å². The summed E-state index contributed by atoms with van der Waals surface area (Å²) < 4.78 is 10.3. The van der Waals surface area contributed by atoms with E-state index in [9.17, 15) is 4.79 Å². The second-order valence-corrected chi connectivity index (χ2v) is 5.06. The molecule has 0 spiro atoms. The first kappa shape index (κ1) is 14.9. The van der Waals surface area contributed by atoms with Gasteiger partial charge < -0.3 is 14.8 Å². The van der Waals surface area contributed by atoms with E-state index >= 15 is 0 Å². The molecule has 2 aromatic carbocycles. The molecule has 1 amide bonds. The second-order valence-electron chi connectivity index (χ2n) is 5.06. The minimum Gasteiger partial charge on any atom is -0.497 e. The van der Waals surface area contributed by atoms with E-state index in [1.165, 1.54) is 0 Å². The molecule has 23 heavy (non-hydrogen) atoms. The van der Waals surface area contributed by atoms with Gasteiger partial charge in [0, 0.05) is 11.5 Å². The topological polar surface area (TPSA) is 76.2 Å². The number of H-pyrrole nitrogens is 1. The van der Waals surface area contributed by atoms with Crippen LogP contribution in [0.2, 0.25) is 0 Å². The van der Waals surface area contributed by atoms with Crippen molar-refractivity contribution >= 4 is 22.6 Å². The molecule has 6 nitrogen and oxygen atoms in total. The maximum absolute atomic E-state index is 12.2. The Morgan fingerprint density at radius 1 is 1.09 bits per heavy atom. The van der Waals surface area contributed by atoms with Gasteiger partial charge >= 0.3 is 0 Å². The van der Waals surface area contributed by atoms with Crippen LogP contribution in [0, 0.1) is 0 Å². The minimum atomic E-state index is -0.126. The lowest BCUT2D eigenvalue weighted by molar-refractivity contribution is -0.115. The van der Waals surface area contributed by atoms with E-state index in [1.807, 2.05) is 42.5 Å². The van der Waals surface area contributed by atoms with Gasteiger partial charge in [-0.2, -0.15) is 5.10 Å². The van der Waals surface area contributed by atoms with Crippen molar-refractivity contribution in [3.63, 3.8) is 0 Å². The predicted molar refractivity (Wildman–Crippen MR) is 88.0 cm³/mol. The van der Waals surface area contributed by atoms with E-state index in [4.69, 9.17) is 9.47 Å². The van der Waals surface area contributed by atoms with Gasteiger partial charge in [0.15, 0.2) is 5.82 Å². The van der Waals surface area contributed by atoms with Crippen molar-refractivity contribution in [1.29, 1.82) is 0 Å². The van der Waals surface area contributed by atoms with Crippen LogP contribution in [0.5, 0.6) is 11.5 Å². The molecule has 3 aromatic rings. The van der Waals surface area contributed by atoms with Crippen molar-refractivity contribution in [2.24, 2.45) is 0 Å². The van der Waals surface area contributed by atoms with Crippen LogP contribution in [-0.2, 0) is 11.2 Å². The van der Waals surface area contributed by atoms with Gasteiger partial charge in [-0.3, -0.25) is 9.89 Å². The summed E-state index contributed by atoms with van der Waals surface area (Å²) in [4.78, 5) is 12.2. The van der Waals surface area contributed by atoms with Crippen LogP contribution in [0.15, 0.2) is 42.5 Å². The molecule has 0 aliphatic rings. The van der Waals surface area contributed by atoms with Gasteiger partial charge in [-0.25, -0.2) is 0 Å². The summed E-state index contributed by atoms with van der Waals surface area (Å²) in [5.41, 5.74) is 1.72. The number of rotatable bonds is 5. The Hall–Kier alpha value is -3.02. The molecular weight excluding hydrogens is 294 g/mol. The molecule has 1 heterocycles. The maximum Gasteiger partial charge on any atom is 0.230 e. The van der Waals surface area contributed by atoms with Crippen molar-refractivity contribution in [2.75, 3.05) is 19.5 Å². The number of carbonyl (C=O) groups excluding carboxylic acids is 1. The lowest BCUT2D eigenvalue weighted by Crippen LogP contribution is -2.14. The number of ether oxygens (including phenoxy) is 2. The number of nitrogens with zero attached hydrogens (tertiary/aromatic N) is 1. The molecule has 0 aliphatic carbocycles. The summed E-state index contributed by atoms with van der Waals surface area (Å²) in [5, 5.41) is 10.7. The number of benzene rings is 2. The Morgan fingerprint density at radius 3 is 2.48 bits per heavy atom. The third kappa shape index (κ3) is 3.26. The smallest absolute Gasteiger partial charge is 0.230 e. The molecule has 0 radical (unpaired) electrons. The van der Waals surface area contributed by atoms with Crippen LogP contribution >= 0.6 is 0 Å². The molecule has 0 unspecified atom stereocenters. The minimum absolute atomic E-state index is 0.126. The highest BCUT2D eigenvalue weighted by Crippen LogP contribution is 2.24. The zero-order valence-electron chi connectivity index (χ0n) is 12.9. The highest BCUT2D eigenvalue weighted by Gasteiger charge is 2.10. The molecule has 6 heteroatoms. The van der Waals surface area contributed by atoms with Crippen molar-refractivity contribution in [1.82, 2.24) is 10.2 Å². The van der Waals surface area contributed by atoms with E-state index in [2.05, 4.69) is 15.5 Å². The standard InChI is InChI=1S/C17H17N3O3/c1-22-12-5-3-11(4-6-12)9-16(21)18-17-14-8-7-13(23-2)10-15(14)19-20-17/h3-8,10H,9H2,1-2H3,(H2,18,19,20,21). The quantitative estimate of drug-likeness (QED) is 0.759. The van der Waals surface area contributed by atoms with Crippen molar-refractivity contribution in [3.8, 4) is 11.5 Å². The Kier molecular flexibility index (Phi) is 4.14. The van der Waals surface area contributed by atoms with Gasteiger partial charge in [-0.05, 0) is 29.8 Å². The number of amides is 1. The van der Waals surface area contributed by atoms with E-state index in [0.29, 0.717) is 5.82 Å². The number of aromatic nitrogens is 2. The fourth-order valence-corrected chi connectivity index (χ4v) is 2.33. The molecular formula is C17H17N3O3. The number of fused-ring (bicyclic) bond motifs is 1. The third-order valence-electron chi connectivity index (χ3n) is 3.55. The lowest BCUT2D eigenvalue weighted by atomic mass is 10.1. The van der Waals surface area contributed by atoms with Crippen molar-refractivity contribution in [2.45, 2.75) is 6.42 Å². The number of aromatic amines is 1. The average Bonchev–Trinajstić information content (AvgIpc) is 2.97. The first-order valence-corrected chi connectivity index (χ1v) is 7.14. The fourth-order valence-electron chi connectivity index (χ4n) is 2.33. The van der Waals surface area contributed by atoms with Crippen LogP contribution in [-0.4, -0.2) is 30.3 Å². The van der Waals surface area contributed by atoms with Crippen LogP contribution in [0.4, 0.5) is 5.82 Å². The molecule has 1 aromatic heterocycles. The molecule has 3 rings (SSSR count). The van der Waals surface area contributed by atoms with E-state index in [0.717, 1.165) is 28.0 Å². The first-order valence-electron chi connectivity index (χ1n) is 7.14. The van der Waals surface area contributed by atoms with Crippen LogP contribution in [0.1, 0.15) is 5.56 Å². The summed E-state index contributed by atoms with van der Waals surface area (Å²) in [5.74, 6) is 1.89. The number of hydrogen-bond acceptors (Lipinski definition) is 4. The van der Waals surface area contributed by atoms with Gasteiger partial charge in [0.2, 0.25) is 5.91 Å². The molecule has 118 valence electrons. The number of anilines is 1. The number of carbonyl (C=O) groups is 1. The van der Waals surface area contributed by atoms with Gasteiger partial charge in [-0.15, -0.1) is 0 Å². The highest BCUT2D eigenvalue weighted by molar-refractivity contribution is 6.00. The Labute approximate surface area is 133 Å². The van der Waals surface area contributed by atoms with Gasteiger partial charge in [0.25, 0.3) is 0 Å². The van der Waals surface area contributed by atoms with Gasteiger partial charge in [0.1, 0.15) is 11.5 Å². The molecule has 0 fully saturated rings. The molecule has 0 bridgehead atoms. The molecule has 2 N–H and O–H groups in total. The normalized spacial score (nSPS) is 10.5. The van der Waals surface area contributed by atoms with Crippen LogP contribution in [0.3, 0.4) is 0 Å². The largest absolute Gasteiger partial charge is 0.497 e. The monoisotopic (exact) mass is 311 g/mol. The Balaban J connectivity index is 1.72. The lowest BCUT2D eigenvalue weighted by Gasteiger charge is -2.05. The number of nitrogens with one attached hydrogen (secondary N) is 2. The molecule has 0 atom stereocenters. The summed E-state index contributed by atoms with van der Waals surface area (Å²) in [6.45, 7) is 0. The van der Waals surface area contributed by atoms with E-state index < -0.39 is 0 Å². The summed E-state index contributed by atoms with van der Waals surface area (Å²) in [6.07, 6.45) is 0.272. The molecule has 0 saturated heterocycles. The number of hydrogen-bond donors (Lipinski definition) is 2. The predicted octanol–water partition coefficient (Wildman–Crippen LogP) is 2.76. The van der Waals surface area contributed by atoms with Crippen molar-refractivity contribution < 1.29 is 14.3 Å². The number of methoxy groups -OCH3 is 2. The third-order valence-corrected chi connectivity index (χ3v) is 3.55.